The van der Waals surface area contributed by atoms with Gasteiger partial charge in [0.25, 0.3) is 5.91 Å². The van der Waals surface area contributed by atoms with E-state index in [0.29, 0.717) is 32.1 Å². The zero-order valence-electron chi connectivity index (χ0n) is 17.8. The molecule has 8 heteroatoms. The highest BCUT2D eigenvalue weighted by atomic mass is 16.5. The molecule has 2 fully saturated rings. The van der Waals surface area contributed by atoms with Crippen LogP contribution in [0.25, 0.3) is 0 Å². The molecular weight excluding hydrogens is 394 g/mol. The summed E-state index contributed by atoms with van der Waals surface area (Å²) in [7, 11) is 0. The van der Waals surface area contributed by atoms with Crippen LogP contribution < -0.4 is 14.5 Å². The van der Waals surface area contributed by atoms with E-state index in [1.165, 1.54) is 12.8 Å². The van der Waals surface area contributed by atoms with Gasteiger partial charge in [-0.1, -0.05) is 18.2 Å². The lowest BCUT2D eigenvalue weighted by atomic mass is 10.1. The Labute approximate surface area is 182 Å². The van der Waals surface area contributed by atoms with Gasteiger partial charge in [0.05, 0.1) is 25.5 Å². The highest BCUT2D eigenvalue weighted by molar-refractivity contribution is 5.78. The minimum absolute atomic E-state index is 0.00829. The Hall–Kier alpha value is -2.87. The van der Waals surface area contributed by atoms with Gasteiger partial charge in [-0.15, -0.1) is 0 Å². The first-order chi connectivity index (χ1) is 15.3. The number of fused-ring (bicyclic) bond motifs is 1. The maximum absolute atomic E-state index is 12.9. The standard InChI is InChI=1S/C23H29N5O3/c29-21(17-31-18-6-2-1-3-7-18)28-11-8-20-19(16-28)22(26-12-14-30-15-13-26)25-23(24-20)27-9-4-5-10-27/h1-3,6-7H,4-5,8-17H2. The quantitative estimate of drug-likeness (QED) is 0.727. The van der Waals surface area contributed by atoms with E-state index in [-0.39, 0.29) is 12.5 Å². The zero-order valence-corrected chi connectivity index (χ0v) is 17.8. The minimum Gasteiger partial charge on any atom is -0.484 e. The second-order valence-corrected chi connectivity index (χ2v) is 8.23. The van der Waals surface area contributed by atoms with E-state index in [4.69, 9.17) is 19.4 Å². The molecule has 31 heavy (non-hydrogen) atoms. The van der Waals surface area contributed by atoms with E-state index >= 15 is 0 Å². The molecule has 2 aromatic rings. The van der Waals surface area contributed by atoms with Crippen molar-refractivity contribution in [3.63, 3.8) is 0 Å². The fourth-order valence-electron chi connectivity index (χ4n) is 4.45. The summed E-state index contributed by atoms with van der Waals surface area (Å²) in [5.74, 6) is 2.51. The van der Waals surface area contributed by atoms with E-state index < -0.39 is 0 Å². The summed E-state index contributed by atoms with van der Waals surface area (Å²) in [5.41, 5.74) is 2.15. The van der Waals surface area contributed by atoms with Gasteiger partial charge in [0.2, 0.25) is 5.95 Å². The molecular formula is C23H29N5O3. The molecule has 1 amide bonds. The van der Waals surface area contributed by atoms with Crippen molar-refractivity contribution in [1.29, 1.82) is 0 Å². The summed E-state index contributed by atoms with van der Waals surface area (Å²) in [6.45, 7) is 6.28. The molecule has 0 atom stereocenters. The van der Waals surface area contributed by atoms with Gasteiger partial charge in [0, 0.05) is 44.7 Å². The van der Waals surface area contributed by atoms with Gasteiger partial charge in [-0.25, -0.2) is 4.98 Å². The number of amides is 1. The first-order valence-corrected chi connectivity index (χ1v) is 11.2. The van der Waals surface area contributed by atoms with Crippen LogP contribution in [0.2, 0.25) is 0 Å². The highest BCUT2D eigenvalue weighted by Crippen LogP contribution is 2.30. The number of carbonyl (C=O) groups is 1. The number of morpholine rings is 1. The summed E-state index contributed by atoms with van der Waals surface area (Å²) in [4.78, 5) is 29.2. The van der Waals surface area contributed by atoms with Crippen LogP contribution in [-0.4, -0.2) is 73.3 Å². The summed E-state index contributed by atoms with van der Waals surface area (Å²) in [6, 6.07) is 9.47. The van der Waals surface area contributed by atoms with E-state index in [9.17, 15) is 4.79 Å². The third-order valence-corrected chi connectivity index (χ3v) is 6.18. The lowest BCUT2D eigenvalue weighted by molar-refractivity contribution is -0.134. The molecule has 4 heterocycles. The molecule has 8 nitrogen and oxygen atoms in total. The molecule has 0 aliphatic carbocycles. The number of hydrogen-bond donors (Lipinski definition) is 0. The average molecular weight is 424 g/mol. The summed E-state index contributed by atoms with van der Waals surface area (Å²) in [5, 5.41) is 0. The predicted octanol–water partition coefficient (Wildman–Crippen LogP) is 1.88. The van der Waals surface area contributed by atoms with Crippen LogP contribution in [-0.2, 0) is 22.5 Å². The molecule has 1 aromatic carbocycles. The van der Waals surface area contributed by atoms with Crippen LogP contribution >= 0.6 is 0 Å². The predicted molar refractivity (Wildman–Crippen MR) is 118 cm³/mol. The Morgan fingerprint density at radius 1 is 0.968 bits per heavy atom. The number of anilines is 2. The van der Waals surface area contributed by atoms with Crippen molar-refractivity contribution in [3.05, 3.63) is 41.6 Å². The van der Waals surface area contributed by atoms with Gasteiger partial charge in [-0.2, -0.15) is 4.98 Å². The summed E-state index contributed by atoms with van der Waals surface area (Å²) in [6.07, 6.45) is 3.13. The molecule has 0 saturated carbocycles. The number of benzene rings is 1. The number of para-hydroxylation sites is 1. The van der Waals surface area contributed by atoms with Gasteiger partial charge < -0.3 is 24.2 Å². The Balaban J connectivity index is 1.36. The maximum atomic E-state index is 12.9. The second kappa shape index (κ2) is 9.09. The first kappa shape index (κ1) is 20.1. The molecule has 3 aliphatic rings. The van der Waals surface area contributed by atoms with Crippen LogP contribution in [0.4, 0.5) is 11.8 Å². The zero-order chi connectivity index (χ0) is 21.0. The van der Waals surface area contributed by atoms with E-state index in [1.54, 1.807) is 0 Å². The Morgan fingerprint density at radius 2 is 1.74 bits per heavy atom. The number of carbonyl (C=O) groups excluding carboxylic acids is 1. The molecule has 3 aliphatic heterocycles. The fraction of sp³-hybridized carbons (Fsp3) is 0.522. The highest BCUT2D eigenvalue weighted by Gasteiger charge is 2.30. The molecule has 0 bridgehead atoms. The molecule has 0 unspecified atom stereocenters. The molecule has 2 saturated heterocycles. The summed E-state index contributed by atoms with van der Waals surface area (Å²) >= 11 is 0. The van der Waals surface area contributed by atoms with Crippen molar-refractivity contribution in [2.75, 3.05) is 62.3 Å². The van der Waals surface area contributed by atoms with Crippen molar-refractivity contribution < 1.29 is 14.3 Å². The third kappa shape index (κ3) is 4.44. The minimum atomic E-state index is -0.00829. The molecule has 1 aromatic heterocycles. The van der Waals surface area contributed by atoms with Crippen molar-refractivity contribution in [1.82, 2.24) is 14.9 Å². The maximum Gasteiger partial charge on any atom is 0.260 e. The number of rotatable bonds is 5. The molecule has 0 radical (unpaired) electrons. The monoisotopic (exact) mass is 423 g/mol. The van der Waals surface area contributed by atoms with E-state index in [2.05, 4.69) is 9.80 Å². The molecule has 5 rings (SSSR count). The largest absolute Gasteiger partial charge is 0.484 e. The van der Waals surface area contributed by atoms with Crippen LogP contribution in [0, 0.1) is 0 Å². The van der Waals surface area contributed by atoms with Crippen LogP contribution in [0.5, 0.6) is 5.75 Å². The topological polar surface area (TPSA) is 71.0 Å². The SMILES string of the molecule is O=C(COc1ccccc1)N1CCc2nc(N3CCCC3)nc(N3CCOCC3)c2C1. The fourth-order valence-corrected chi connectivity index (χ4v) is 4.45. The van der Waals surface area contributed by atoms with Crippen LogP contribution in [0.15, 0.2) is 30.3 Å². The van der Waals surface area contributed by atoms with Gasteiger partial charge >= 0.3 is 0 Å². The Morgan fingerprint density at radius 3 is 2.52 bits per heavy atom. The van der Waals surface area contributed by atoms with Crippen LogP contribution in [0.1, 0.15) is 24.1 Å². The number of aromatic nitrogens is 2. The van der Waals surface area contributed by atoms with E-state index in [1.807, 2.05) is 35.2 Å². The normalized spacial score (nSPS) is 18.8. The van der Waals surface area contributed by atoms with Gasteiger partial charge in [0.1, 0.15) is 11.6 Å². The van der Waals surface area contributed by atoms with Gasteiger partial charge in [-0.3, -0.25) is 4.79 Å². The average Bonchev–Trinajstić information content (AvgIpc) is 3.38. The third-order valence-electron chi connectivity index (χ3n) is 6.18. The molecule has 0 N–H and O–H groups in total. The number of nitrogens with zero attached hydrogens (tertiary/aromatic N) is 5. The lowest BCUT2D eigenvalue weighted by Crippen LogP contribution is -2.42. The van der Waals surface area contributed by atoms with Gasteiger partial charge in [-0.05, 0) is 25.0 Å². The van der Waals surface area contributed by atoms with Crippen molar-refractivity contribution in [2.24, 2.45) is 0 Å². The van der Waals surface area contributed by atoms with E-state index in [0.717, 1.165) is 55.6 Å². The number of hydrogen-bond acceptors (Lipinski definition) is 7. The van der Waals surface area contributed by atoms with Crippen molar-refractivity contribution in [3.8, 4) is 5.75 Å². The molecule has 0 spiro atoms. The Bertz CT molecular complexity index is 911. The summed E-state index contributed by atoms with van der Waals surface area (Å²) < 4.78 is 11.2. The van der Waals surface area contributed by atoms with Crippen molar-refractivity contribution in [2.45, 2.75) is 25.8 Å². The Kier molecular flexibility index (Phi) is 5.88. The second-order valence-electron chi connectivity index (χ2n) is 8.23. The lowest BCUT2D eigenvalue weighted by Gasteiger charge is -2.35. The molecule has 164 valence electrons. The number of ether oxygens (including phenoxy) is 2. The first-order valence-electron chi connectivity index (χ1n) is 11.2. The van der Waals surface area contributed by atoms with Crippen molar-refractivity contribution >= 4 is 17.7 Å². The van der Waals surface area contributed by atoms with Crippen LogP contribution in [0.3, 0.4) is 0 Å². The van der Waals surface area contributed by atoms with Gasteiger partial charge in [0.15, 0.2) is 6.61 Å². The smallest absolute Gasteiger partial charge is 0.260 e.